The quantitative estimate of drug-likeness (QED) is 0.616. The van der Waals surface area contributed by atoms with Gasteiger partial charge in [0.05, 0.1) is 0 Å². The van der Waals surface area contributed by atoms with E-state index < -0.39 is 0 Å². The Morgan fingerprint density at radius 1 is 1.00 bits per heavy atom. The largest absolute Gasteiger partial charge is 0.346 e. The molecule has 16 heavy (non-hydrogen) atoms. The summed E-state index contributed by atoms with van der Waals surface area (Å²) in [6.45, 7) is 0. The summed E-state index contributed by atoms with van der Waals surface area (Å²) in [6, 6.07) is 14.4. The Kier molecular flexibility index (Phi) is 2.35. The normalized spacial score (nSPS) is 10.8. The standard InChI is InChI=1S/C13H9NS2/c15-12-6-2-5-11(14-12)10-4-1-3-9-7-8-16-13(9)10/h1-8H,(H,14,15). The van der Waals surface area contributed by atoms with Crippen molar-refractivity contribution in [2.75, 3.05) is 0 Å². The number of aromatic nitrogens is 1. The summed E-state index contributed by atoms with van der Waals surface area (Å²) in [7, 11) is 0. The molecule has 3 heteroatoms. The van der Waals surface area contributed by atoms with E-state index in [0.29, 0.717) is 0 Å². The summed E-state index contributed by atoms with van der Waals surface area (Å²) in [6.07, 6.45) is 0. The fraction of sp³-hybridized carbons (Fsp3) is 0. The maximum absolute atomic E-state index is 5.15. The Labute approximate surface area is 102 Å². The summed E-state index contributed by atoms with van der Waals surface area (Å²) in [4.78, 5) is 3.23. The van der Waals surface area contributed by atoms with Crippen molar-refractivity contribution in [1.82, 2.24) is 4.98 Å². The van der Waals surface area contributed by atoms with Crippen LogP contribution in [0.3, 0.4) is 0 Å². The summed E-state index contributed by atoms with van der Waals surface area (Å²) in [5, 5.41) is 3.40. The lowest BCUT2D eigenvalue weighted by atomic mass is 10.1. The van der Waals surface area contributed by atoms with Crippen LogP contribution in [-0.4, -0.2) is 4.98 Å². The zero-order chi connectivity index (χ0) is 11.0. The third-order valence-corrected chi connectivity index (χ3v) is 3.74. The van der Waals surface area contributed by atoms with Crippen molar-refractivity contribution in [1.29, 1.82) is 0 Å². The average molecular weight is 243 g/mol. The van der Waals surface area contributed by atoms with E-state index in [4.69, 9.17) is 12.2 Å². The molecule has 1 aromatic carbocycles. The Morgan fingerprint density at radius 2 is 1.88 bits per heavy atom. The molecule has 0 aliphatic rings. The van der Waals surface area contributed by atoms with Gasteiger partial charge in [0.2, 0.25) is 0 Å². The molecular weight excluding hydrogens is 234 g/mol. The number of hydrogen-bond acceptors (Lipinski definition) is 2. The molecule has 78 valence electrons. The number of thiophene rings is 1. The van der Waals surface area contributed by atoms with Crippen LogP contribution in [-0.2, 0) is 0 Å². The summed E-state index contributed by atoms with van der Waals surface area (Å²) < 4.78 is 2.07. The number of benzene rings is 1. The second-order valence-electron chi connectivity index (χ2n) is 3.57. The molecule has 0 fully saturated rings. The zero-order valence-corrected chi connectivity index (χ0v) is 10.1. The van der Waals surface area contributed by atoms with E-state index in [1.807, 2.05) is 12.1 Å². The molecule has 0 spiro atoms. The molecule has 0 amide bonds. The molecule has 1 nitrogen and oxygen atoms in total. The SMILES string of the molecule is S=c1cccc(-c2cccc3ccsc23)[nH]1. The molecule has 0 aliphatic heterocycles. The topological polar surface area (TPSA) is 15.8 Å². The Hall–Kier alpha value is -1.45. The second kappa shape index (κ2) is 3.85. The molecule has 3 aromatic rings. The lowest BCUT2D eigenvalue weighted by Gasteiger charge is -2.03. The Morgan fingerprint density at radius 3 is 2.75 bits per heavy atom. The summed E-state index contributed by atoms with van der Waals surface area (Å²) >= 11 is 6.91. The van der Waals surface area contributed by atoms with Crippen molar-refractivity contribution in [3.8, 4) is 11.3 Å². The van der Waals surface area contributed by atoms with E-state index in [9.17, 15) is 0 Å². The van der Waals surface area contributed by atoms with E-state index in [2.05, 4.69) is 40.7 Å². The molecule has 0 aliphatic carbocycles. The first-order valence-electron chi connectivity index (χ1n) is 5.00. The molecule has 0 saturated heterocycles. The van der Waals surface area contributed by atoms with Crippen LogP contribution in [0.15, 0.2) is 47.8 Å². The van der Waals surface area contributed by atoms with Crippen molar-refractivity contribution in [2.45, 2.75) is 0 Å². The van der Waals surface area contributed by atoms with Gasteiger partial charge >= 0.3 is 0 Å². The van der Waals surface area contributed by atoms with Crippen LogP contribution in [0.4, 0.5) is 0 Å². The summed E-state index contributed by atoms with van der Waals surface area (Å²) in [5.41, 5.74) is 2.31. The average Bonchev–Trinajstić information content (AvgIpc) is 2.76. The van der Waals surface area contributed by atoms with Crippen LogP contribution in [0, 0.1) is 4.64 Å². The van der Waals surface area contributed by atoms with Gasteiger partial charge < -0.3 is 4.98 Å². The van der Waals surface area contributed by atoms with E-state index >= 15 is 0 Å². The van der Waals surface area contributed by atoms with Crippen molar-refractivity contribution >= 4 is 33.6 Å². The molecule has 3 rings (SSSR count). The van der Waals surface area contributed by atoms with Crippen LogP contribution >= 0.6 is 23.6 Å². The number of rotatable bonds is 1. The molecule has 2 heterocycles. The number of aromatic amines is 1. The van der Waals surface area contributed by atoms with Gasteiger partial charge in [-0.1, -0.05) is 36.5 Å². The van der Waals surface area contributed by atoms with E-state index in [0.717, 1.165) is 10.3 Å². The monoisotopic (exact) mass is 243 g/mol. The van der Waals surface area contributed by atoms with Gasteiger partial charge in [-0.3, -0.25) is 0 Å². The van der Waals surface area contributed by atoms with Crippen molar-refractivity contribution in [2.24, 2.45) is 0 Å². The molecule has 0 unspecified atom stereocenters. The predicted octanol–water partition coefficient (Wildman–Crippen LogP) is 4.63. The first-order valence-corrected chi connectivity index (χ1v) is 6.29. The Bertz CT molecular complexity index is 694. The second-order valence-corrected chi connectivity index (χ2v) is 4.93. The number of nitrogens with one attached hydrogen (secondary N) is 1. The first kappa shape index (κ1) is 9.75. The fourth-order valence-electron chi connectivity index (χ4n) is 1.81. The molecule has 2 aromatic heterocycles. The highest BCUT2D eigenvalue weighted by molar-refractivity contribution is 7.71. The van der Waals surface area contributed by atoms with Gasteiger partial charge in [-0.25, -0.2) is 0 Å². The highest BCUT2D eigenvalue weighted by atomic mass is 32.1. The highest BCUT2D eigenvalue weighted by Crippen LogP contribution is 2.31. The van der Waals surface area contributed by atoms with Crippen LogP contribution < -0.4 is 0 Å². The molecule has 1 N–H and O–H groups in total. The number of pyridine rings is 1. The van der Waals surface area contributed by atoms with Gasteiger partial charge in [0.1, 0.15) is 4.64 Å². The molecule has 0 radical (unpaired) electrons. The molecule has 0 saturated carbocycles. The maximum Gasteiger partial charge on any atom is 0.103 e. The third kappa shape index (κ3) is 1.58. The molecule has 0 atom stereocenters. The highest BCUT2D eigenvalue weighted by Gasteiger charge is 2.04. The number of hydrogen-bond donors (Lipinski definition) is 1. The van der Waals surface area contributed by atoms with Crippen LogP contribution in [0.2, 0.25) is 0 Å². The van der Waals surface area contributed by atoms with E-state index in [1.54, 1.807) is 11.3 Å². The zero-order valence-electron chi connectivity index (χ0n) is 8.44. The Balaban J connectivity index is 2.33. The van der Waals surface area contributed by atoms with Gasteiger partial charge in [-0.05, 0) is 29.0 Å². The van der Waals surface area contributed by atoms with Crippen molar-refractivity contribution in [3.63, 3.8) is 0 Å². The van der Waals surface area contributed by atoms with Crippen molar-refractivity contribution in [3.05, 3.63) is 52.5 Å². The van der Waals surface area contributed by atoms with Crippen LogP contribution in [0.25, 0.3) is 21.3 Å². The minimum absolute atomic E-state index is 0.769. The smallest absolute Gasteiger partial charge is 0.103 e. The maximum atomic E-state index is 5.15. The lowest BCUT2D eigenvalue weighted by Crippen LogP contribution is -1.82. The number of fused-ring (bicyclic) bond motifs is 1. The predicted molar refractivity (Wildman–Crippen MR) is 72.4 cm³/mol. The van der Waals surface area contributed by atoms with Crippen LogP contribution in [0.5, 0.6) is 0 Å². The van der Waals surface area contributed by atoms with Gasteiger partial charge in [0, 0.05) is 16.0 Å². The molecule has 0 bridgehead atoms. The van der Waals surface area contributed by atoms with E-state index in [1.165, 1.54) is 15.6 Å². The van der Waals surface area contributed by atoms with Crippen molar-refractivity contribution < 1.29 is 0 Å². The lowest BCUT2D eigenvalue weighted by molar-refractivity contribution is 1.30. The van der Waals surface area contributed by atoms with Gasteiger partial charge in [0.15, 0.2) is 0 Å². The van der Waals surface area contributed by atoms with E-state index in [-0.39, 0.29) is 0 Å². The van der Waals surface area contributed by atoms with Gasteiger partial charge in [0.25, 0.3) is 0 Å². The third-order valence-electron chi connectivity index (χ3n) is 2.54. The molecular formula is C13H9NS2. The fourth-order valence-corrected chi connectivity index (χ4v) is 2.93. The summed E-state index contributed by atoms with van der Waals surface area (Å²) in [5.74, 6) is 0. The number of H-pyrrole nitrogens is 1. The van der Waals surface area contributed by atoms with Crippen LogP contribution in [0.1, 0.15) is 0 Å². The minimum atomic E-state index is 0.769. The minimum Gasteiger partial charge on any atom is -0.346 e. The van der Waals surface area contributed by atoms with Gasteiger partial charge in [-0.2, -0.15) is 0 Å². The van der Waals surface area contributed by atoms with Gasteiger partial charge in [-0.15, -0.1) is 11.3 Å². The first-order chi connectivity index (χ1) is 7.84.